The van der Waals surface area contributed by atoms with Crippen molar-refractivity contribution in [3.05, 3.63) is 40.8 Å². The first-order valence-corrected chi connectivity index (χ1v) is 7.08. The summed E-state index contributed by atoms with van der Waals surface area (Å²) >= 11 is 3.36. The first-order chi connectivity index (χ1) is 9.15. The van der Waals surface area contributed by atoms with Crippen LogP contribution in [0.1, 0.15) is 19.4 Å². The minimum atomic E-state index is 0.646. The fraction of sp³-hybridized carbons (Fsp3) is 0.357. The van der Waals surface area contributed by atoms with E-state index in [0.717, 1.165) is 28.8 Å². The lowest BCUT2D eigenvalue weighted by Gasteiger charge is -2.07. The molecule has 0 aliphatic heterocycles. The van der Waals surface area contributed by atoms with Crippen LogP contribution in [0.15, 0.2) is 35.2 Å². The van der Waals surface area contributed by atoms with Crippen LogP contribution in [0, 0.1) is 5.92 Å². The van der Waals surface area contributed by atoms with Gasteiger partial charge in [0.25, 0.3) is 0 Å². The zero-order valence-corrected chi connectivity index (χ0v) is 12.7. The lowest BCUT2D eigenvalue weighted by Crippen LogP contribution is -2.19. The van der Waals surface area contributed by atoms with E-state index < -0.39 is 0 Å². The van der Waals surface area contributed by atoms with Crippen molar-refractivity contribution < 1.29 is 0 Å². The van der Waals surface area contributed by atoms with E-state index in [1.165, 1.54) is 0 Å². The van der Waals surface area contributed by atoms with E-state index in [-0.39, 0.29) is 0 Å². The summed E-state index contributed by atoms with van der Waals surface area (Å²) in [6, 6.07) is 3.83. The standard InChI is InChI=1S/C14H17BrN4/c1-10(2)5-16-6-11-7-18-14(19-8-11)13-4-3-12(15)9-17-13/h3-4,7-10,16H,5-6H2,1-2H3. The highest BCUT2D eigenvalue weighted by Crippen LogP contribution is 2.14. The molecular formula is C14H17BrN4. The minimum Gasteiger partial charge on any atom is -0.312 e. The monoisotopic (exact) mass is 320 g/mol. The summed E-state index contributed by atoms with van der Waals surface area (Å²) in [4.78, 5) is 13.0. The number of aromatic nitrogens is 3. The quantitative estimate of drug-likeness (QED) is 0.920. The number of hydrogen-bond donors (Lipinski definition) is 1. The zero-order valence-electron chi connectivity index (χ0n) is 11.1. The molecule has 2 rings (SSSR count). The van der Waals surface area contributed by atoms with Crippen molar-refractivity contribution in [3.8, 4) is 11.5 Å². The third-order valence-corrected chi connectivity index (χ3v) is 3.01. The van der Waals surface area contributed by atoms with Crippen molar-refractivity contribution in [1.82, 2.24) is 20.3 Å². The molecule has 100 valence electrons. The molecule has 1 N–H and O–H groups in total. The molecule has 0 amide bonds. The van der Waals surface area contributed by atoms with Gasteiger partial charge in [0.15, 0.2) is 5.82 Å². The molecule has 0 atom stereocenters. The SMILES string of the molecule is CC(C)CNCc1cnc(-c2ccc(Br)cn2)nc1. The maximum atomic E-state index is 4.35. The second-order valence-corrected chi connectivity index (χ2v) is 5.72. The lowest BCUT2D eigenvalue weighted by molar-refractivity contribution is 0.551. The minimum absolute atomic E-state index is 0.646. The molecule has 4 nitrogen and oxygen atoms in total. The van der Waals surface area contributed by atoms with E-state index in [1.54, 1.807) is 6.20 Å². The third-order valence-electron chi connectivity index (χ3n) is 2.54. The molecule has 0 bridgehead atoms. The van der Waals surface area contributed by atoms with Crippen molar-refractivity contribution >= 4 is 15.9 Å². The fourth-order valence-corrected chi connectivity index (χ4v) is 1.83. The van der Waals surface area contributed by atoms with E-state index in [9.17, 15) is 0 Å². The van der Waals surface area contributed by atoms with Gasteiger partial charge in [-0.05, 0) is 40.5 Å². The molecule has 0 aromatic carbocycles. The van der Waals surface area contributed by atoms with Gasteiger partial charge in [0.1, 0.15) is 5.69 Å². The van der Waals surface area contributed by atoms with E-state index in [0.29, 0.717) is 11.7 Å². The largest absolute Gasteiger partial charge is 0.312 e. The average Bonchev–Trinajstić information content (AvgIpc) is 2.40. The van der Waals surface area contributed by atoms with Crippen LogP contribution in [0.5, 0.6) is 0 Å². The number of halogens is 1. The number of pyridine rings is 1. The van der Waals surface area contributed by atoms with Gasteiger partial charge < -0.3 is 5.32 Å². The van der Waals surface area contributed by atoms with Crippen LogP contribution in [0.3, 0.4) is 0 Å². The highest BCUT2D eigenvalue weighted by molar-refractivity contribution is 9.10. The second-order valence-electron chi connectivity index (χ2n) is 4.80. The summed E-state index contributed by atoms with van der Waals surface area (Å²) in [5, 5.41) is 3.37. The molecule has 19 heavy (non-hydrogen) atoms. The molecule has 2 aromatic heterocycles. The molecule has 0 aliphatic carbocycles. The van der Waals surface area contributed by atoms with Gasteiger partial charge in [0, 0.05) is 35.2 Å². The van der Waals surface area contributed by atoms with Crippen molar-refractivity contribution in [1.29, 1.82) is 0 Å². The first kappa shape index (κ1) is 14.1. The topological polar surface area (TPSA) is 50.7 Å². The predicted octanol–water partition coefficient (Wildman–Crippen LogP) is 3.05. The van der Waals surface area contributed by atoms with Crippen LogP contribution >= 0.6 is 15.9 Å². The van der Waals surface area contributed by atoms with Crippen molar-refractivity contribution in [3.63, 3.8) is 0 Å². The summed E-state index contributed by atoms with van der Waals surface area (Å²) in [5.41, 5.74) is 1.87. The van der Waals surface area contributed by atoms with Crippen molar-refractivity contribution in [2.75, 3.05) is 6.54 Å². The Bertz CT molecular complexity index is 508. The summed E-state index contributed by atoms with van der Waals surface area (Å²) < 4.78 is 0.950. The molecule has 0 fully saturated rings. The van der Waals surface area contributed by atoms with Gasteiger partial charge in [-0.15, -0.1) is 0 Å². The molecule has 2 heterocycles. The second kappa shape index (κ2) is 6.73. The lowest BCUT2D eigenvalue weighted by atomic mass is 10.2. The summed E-state index contributed by atoms with van der Waals surface area (Å²) in [5.74, 6) is 1.30. The normalized spacial score (nSPS) is 10.9. The number of rotatable bonds is 5. The summed E-state index contributed by atoms with van der Waals surface area (Å²) in [6.45, 7) is 6.17. The zero-order chi connectivity index (χ0) is 13.7. The first-order valence-electron chi connectivity index (χ1n) is 6.28. The van der Waals surface area contributed by atoms with Gasteiger partial charge in [-0.25, -0.2) is 9.97 Å². The summed E-state index contributed by atoms with van der Waals surface area (Å²) in [6.07, 6.45) is 5.44. The van der Waals surface area contributed by atoms with E-state index in [2.05, 4.69) is 50.0 Å². The Labute approximate surface area is 121 Å². The maximum Gasteiger partial charge on any atom is 0.178 e. The van der Waals surface area contributed by atoms with Gasteiger partial charge >= 0.3 is 0 Å². The molecule has 0 spiro atoms. The number of nitrogens with zero attached hydrogens (tertiary/aromatic N) is 3. The van der Waals surface area contributed by atoms with E-state index in [1.807, 2.05) is 24.5 Å². The predicted molar refractivity (Wildman–Crippen MR) is 79.5 cm³/mol. The Hall–Kier alpha value is -1.33. The van der Waals surface area contributed by atoms with Crippen LogP contribution in [-0.2, 0) is 6.54 Å². The van der Waals surface area contributed by atoms with Gasteiger partial charge in [-0.1, -0.05) is 13.8 Å². The van der Waals surface area contributed by atoms with Crippen LogP contribution in [0.4, 0.5) is 0 Å². The summed E-state index contributed by atoms with van der Waals surface area (Å²) in [7, 11) is 0. The molecule has 0 saturated carbocycles. The molecule has 0 unspecified atom stereocenters. The van der Waals surface area contributed by atoms with Crippen LogP contribution < -0.4 is 5.32 Å². The molecule has 0 saturated heterocycles. The smallest absolute Gasteiger partial charge is 0.178 e. The van der Waals surface area contributed by atoms with Gasteiger partial charge in [-0.3, -0.25) is 4.98 Å². The van der Waals surface area contributed by atoms with E-state index >= 15 is 0 Å². The van der Waals surface area contributed by atoms with Crippen LogP contribution in [0.25, 0.3) is 11.5 Å². The molecular weight excluding hydrogens is 304 g/mol. The molecule has 5 heteroatoms. The van der Waals surface area contributed by atoms with Gasteiger partial charge in [0.05, 0.1) is 0 Å². The van der Waals surface area contributed by atoms with Gasteiger partial charge in [-0.2, -0.15) is 0 Å². The highest BCUT2D eigenvalue weighted by atomic mass is 79.9. The Kier molecular flexibility index (Phi) is 4.99. The molecule has 0 radical (unpaired) electrons. The maximum absolute atomic E-state index is 4.35. The fourth-order valence-electron chi connectivity index (χ4n) is 1.59. The van der Waals surface area contributed by atoms with Crippen LogP contribution in [0.2, 0.25) is 0 Å². The molecule has 2 aromatic rings. The van der Waals surface area contributed by atoms with Crippen LogP contribution in [-0.4, -0.2) is 21.5 Å². The Balaban J connectivity index is 2.00. The number of nitrogens with one attached hydrogen (secondary N) is 1. The van der Waals surface area contributed by atoms with Crippen molar-refractivity contribution in [2.45, 2.75) is 20.4 Å². The average molecular weight is 321 g/mol. The Morgan fingerprint density at radius 3 is 2.42 bits per heavy atom. The molecule has 0 aliphatic rings. The Morgan fingerprint density at radius 1 is 1.11 bits per heavy atom. The van der Waals surface area contributed by atoms with Crippen molar-refractivity contribution in [2.24, 2.45) is 5.92 Å². The number of hydrogen-bond acceptors (Lipinski definition) is 4. The highest BCUT2D eigenvalue weighted by Gasteiger charge is 2.03. The van der Waals surface area contributed by atoms with Gasteiger partial charge in [0.2, 0.25) is 0 Å². The Morgan fingerprint density at radius 2 is 1.84 bits per heavy atom. The van der Waals surface area contributed by atoms with E-state index in [4.69, 9.17) is 0 Å². The third kappa shape index (κ3) is 4.36.